The summed E-state index contributed by atoms with van der Waals surface area (Å²) in [5, 5.41) is 11.3. The molecule has 0 atom stereocenters. The number of nitrogens with zero attached hydrogens (tertiary/aromatic N) is 2. The number of hydrogen-bond acceptors (Lipinski definition) is 4. The van der Waals surface area contributed by atoms with Gasteiger partial charge in [0.1, 0.15) is 11.0 Å². The van der Waals surface area contributed by atoms with Crippen LogP contribution >= 0.6 is 11.6 Å². The van der Waals surface area contributed by atoms with Gasteiger partial charge >= 0.3 is 0 Å². The number of pyridine rings is 1. The zero-order chi connectivity index (χ0) is 8.27. The number of oxime groups is 1. The molecule has 1 aromatic heterocycles. The second-order valence-corrected chi connectivity index (χ2v) is 2.24. The maximum atomic E-state index is 8.17. The van der Waals surface area contributed by atoms with Gasteiger partial charge in [-0.3, -0.25) is 0 Å². The molecule has 0 radical (unpaired) electrons. The van der Waals surface area contributed by atoms with Crippen molar-refractivity contribution in [1.29, 1.82) is 0 Å². The van der Waals surface area contributed by atoms with E-state index < -0.39 is 0 Å². The highest BCUT2D eigenvalue weighted by molar-refractivity contribution is 6.29. The maximum Gasteiger partial charge on any atom is 0.134 e. The number of nitrogens with two attached hydrogens (primary N) is 1. The SMILES string of the molecule is Nc1nc(Cl)ccc1/C=N\O. The lowest BCUT2D eigenvalue weighted by molar-refractivity contribution is 0.322. The summed E-state index contributed by atoms with van der Waals surface area (Å²) in [6, 6.07) is 3.18. The molecule has 0 aromatic carbocycles. The summed E-state index contributed by atoms with van der Waals surface area (Å²) in [6.45, 7) is 0. The number of halogens is 1. The predicted molar refractivity (Wildman–Crippen MR) is 43.0 cm³/mol. The highest BCUT2D eigenvalue weighted by atomic mass is 35.5. The Bertz CT molecular complexity index is 287. The number of rotatable bonds is 1. The lowest BCUT2D eigenvalue weighted by Crippen LogP contribution is -1.96. The average Bonchev–Trinajstić information content (AvgIpc) is 1.95. The van der Waals surface area contributed by atoms with Crippen molar-refractivity contribution in [2.45, 2.75) is 0 Å². The molecule has 0 bridgehead atoms. The zero-order valence-electron chi connectivity index (χ0n) is 5.53. The first-order chi connectivity index (χ1) is 5.24. The molecule has 0 spiro atoms. The molecule has 1 heterocycles. The first-order valence-corrected chi connectivity index (χ1v) is 3.21. The fourth-order valence-corrected chi connectivity index (χ4v) is 0.786. The minimum atomic E-state index is 0.246. The molecule has 0 aliphatic heterocycles. The van der Waals surface area contributed by atoms with Crippen LogP contribution in [0.5, 0.6) is 0 Å². The van der Waals surface area contributed by atoms with Gasteiger partial charge in [-0.2, -0.15) is 0 Å². The van der Waals surface area contributed by atoms with Gasteiger partial charge < -0.3 is 10.9 Å². The molecule has 0 saturated heterocycles. The summed E-state index contributed by atoms with van der Waals surface area (Å²) in [4.78, 5) is 3.73. The quantitative estimate of drug-likeness (QED) is 0.288. The third kappa shape index (κ3) is 1.81. The molecule has 3 N–H and O–H groups in total. The van der Waals surface area contributed by atoms with E-state index in [1.54, 1.807) is 12.1 Å². The van der Waals surface area contributed by atoms with E-state index in [-0.39, 0.29) is 5.82 Å². The smallest absolute Gasteiger partial charge is 0.134 e. The Kier molecular flexibility index (Phi) is 2.28. The molecule has 11 heavy (non-hydrogen) atoms. The fraction of sp³-hybridized carbons (Fsp3) is 0. The summed E-state index contributed by atoms with van der Waals surface area (Å²) in [5.41, 5.74) is 5.95. The Morgan fingerprint density at radius 1 is 1.64 bits per heavy atom. The normalized spacial score (nSPS) is 10.6. The van der Waals surface area contributed by atoms with E-state index in [0.717, 1.165) is 0 Å². The Hall–Kier alpha value is -1.29. The minimum Gasteiger partial charge on any atom is -0.411 e. The number of aromatic nitrogens is 1. The van der Waals surface area contributed by atoms with Gasteiger partial charge in [0.15, 0.2) is 0 Å². The number of nitrogen functional groups attached to an aromatic ring is 1. The third-order valence-electron chi connectivity index (χ3n) is 1.12. The summed E-state index contributed by atoms with van der Waals surface area (Å²) in [7, 11) is 0. The van der Waals surface area contributed by atoms with Crippen LogP contribution in [-0.4, -0.2) is 16.4 Å². The van der Waals surface area contributed by atoms with Gasteiger partial charge in [-0.1, -0.05) is 16.8 Å². The molecular weight excluding hydrogens is 166 g/mol. The topological polar surface area (TPSA) is 71.5 Å². The minimum absolute atomic E-state index is 0.246. The highest BCUT2D eigenvalue weighted by Gasteiger charge is 1.97. The molecule has 0 fully saturated rings. The van der Waals surface area contributed by atoms with Gasteiger partial charge in [0.25, 0.3) is 0 Å². The fourth-order valence-electron chi connectivity index (χ4n) is 0.632. The van der Waals surface area contributed by atoms with Crippen LogP contribution in [0.1, 0.15) is 5.56 Å². The van der Waals surface area contributed by atoms with E-state index in [2.05, 4.69) is 10.1 Å². The molecule has 0 aliphatic carbocycles. The molecule has 1 rings (SSSR count). The molecule has 0 saturated carbocycles. The average molecular weight is 172 g/mol. The lowest BCUT2D eigenvalue weighted by atomic mass is 10.3. The molecule has 1 aromatic rings. The molecular formula is C6H6ClN3O. The van der Waals surface area contributed by atoms with Crippen molar-refractivity contribution in [2.75, 3.05) is 5.73 Å². The van der Waals surface area contributed by atoms with E-state index in [0.29, 0.717) is 10.7 Å². The Morgan fingerprint density at radius 3 is 2.91 bits per heavy atom. The van der Waals surface area contributed by atoms with Crippen molar-refractivity contribution in [1.82, 2.24) is 4.98 Å². The van der Waals surface area contributed by atoms with Crippen molar-refractivity contribution in [3.8, 4) is 0 Å². The van der Waals surface area contributed by atoms with Crippen molar-refractivity contribution < 1.29 is 5.21 Å². The molecule has 0 aliphatic rings. The second-order valence-electron chi connectivity index (χ2n) is 1.85. The molecule has 0 amide bonds. The summed E-state index contributed by atoms with van der Waals surface area (Å²) >= 11 is 5.52. The van der Waals surface area contributed by atoms with Gasteiger partial charge in [-0.05, 0) is 12.1 Å². The first kappa shape index (κ1) is 7.81. The Balaban J connectivity index is 3.09. The number of anilines is 1. The standard InChI is InChI=1S/C6H6ClN3O/c7-5-2-1-4(3-9-11)6(8)10-5/h1-3,11H,(H2,8,10)/b9-3-. The van der Waals surface area contributed by atoms with Gasteiger partial charge in [-0.25, -0.2) is 4.98 Å². The molecule has 58 valence electrons. The van der Waals surface area contributed by atoms with E-state index in [9.17, 15) is 0 Å². The highest BCUT2D eigenvalue weighted by Crippen LogP contribution is 2.10. The lowest BCUT2D eigenvalue weighted by Gasteiger charge is -1.96. The largest absolute Gasteiger partial charge is 0.411 e. The van der Waals surface area contributed by atoms with Gasteiger partial charge in [0.05, 0.1) is 6.21 Å². The van der Waals surface area contributed by atoms with E-state index >= 15 is 0 Å². The molecule has 5 heteroatoms. The van der Waals surface area contributed by atoms with Crippen LogP contribution in [0.4, 0.5) is 5.82 Å². The number of hydrogen-bond donors (Lipinski definition) is 2. The molecule has 0 unspecified atom stereocenters. The zero-order valence-corrected chi connectivity index (χ0v) is 6.28. The van der Waals surface area contributed by atoms with Gasteiger partial charge in [0.2, 0.25) is 0 Å². The monoisotopic (exact) mass is 171 g/mol. The van der Waals surface area contributed by atoms with E-state index in [4.69, 9.17) is 22.5 Å². The van der Waals surface area contributed by atoms with Crippen molar-refractivity contribution in [3.05, 3.63) is 22.8 Å². The second kappa shape index (κ2) is 3.21. The molecule has 4 nitrogen and oxygen atoms in total. The maximum absolute atomic E-state index is 8.17. The summed E-state index contributed by atoms with van der Waals surface area (Å²) in [6.07, 6.45) is 1.19. The van der Waals surface area contributed by atoms with Crippen molar-refractivity contribution >= 4 is 23.6 Å². The van der Waals surface area contributed by atoms with Crippen LogP contribution < -0.4 is 5.73 Å². The van der Waals surface area contributed by atoms with Crippen LogP contribution in [0.15, 0.2) is 17.3 Å². The first-order valence-electron chi connectivity index (χ1n) is 2.83. The van der Waals surface area contributed by atoms with Crippen LogP contribution in [0.2, 0.25) is 5.15 Å². The van der Waals surface area contributed by atoms with Crippen molar-refractivity contribution in [2.24, 2.45) is 5.16 Å². The third-order valence-corrected chi connectivity index (χ3v) is 1.33. The predicted octanol–water partition coefficient (Wildman–Crippen LogP) is 1.13. The van der Waals surface area contributed by atoms with Crippen molar-refractivity contribution in [3.63, 3.8) is 0 Å². The van der Waals surface area contributed by atoms with E-state index in [1.807, 2.05) is 0 Å². The Labute approximate surface area is 68.3 Å². The van der Waals surface area contributed by atoms with Crippen LogP contribution in [0, 0.1) is 0 Å². The van der Waals surface area contributed by atoms with Crippen LogP contribution in [0.3, 0.4) is 0 Å². The van der Waals surface area contributed by atoms with Crippen LogP contribution in [0.25, 0.3) is 0 Å². The summed E-state index contributed by atoms with van der Waals surface area (Å²) < 4.78 is 0. The summed E-state index contributed by atoms with van der Waals surface area (Å²) in [5.74, 6) is 0.246. The van der Waals surface area contributed by atoms with Gasteiger partial charge in [0, 0.05) is 5.56 Å². The van der Waals surface area contributed by atoms with E-state index in [1.165, 1.54) is 6.21 Å². The Morgan fingerprint density at radius 2 is 2.36 bits per heavy atom. The van der Waals surface area contributed by atoms with Crippen LogP contribution in [-0.2, 0) is 0 Å². The van der Waals surface area contributed by atoms with Gasteiger partial charge in [-0.15, -0.1) is 0 Å².